The van der Waals surface area contributed by atoms with Gasteiger partial charge < -0.3 is 4.74 Å². The Morgan fingerprint density at radius 2 is 0.609 bits per heavy atom. The van der Waals surface area contributed by atoms with Gasteiger partial charge in [0.05, 0.1) is 0 Å². The predicted molar refractivity (Wildman–Crippen MR) is 207 cm³/mol. The van der Waals surface area contributed by atoms with Gasteiger partial charge in [-0.25, -0.2) is 0 Å². The summed E-state index contributed by atoms with van der Waals surface area (Å²) in [5, 5.41) is 0. The molecule has 0 aromatic rings. The maximum absolute atomic E-state index is 12.8. The first kappa shape index (κ1) is 45.5. The summed E-state index contributed by atoms with van der Waals surface area (Å²) >= 11 is 0. The molecule has 0 saturated carbocycles. The molecule has 0 atom stereocenters. The highest BCUT2D eigenvalue weighted by atomic mass is 16.5. The molecule has 0 heterocycles. The van der Waals surface area contributed by atoms with Crippen LogP contribution in [0.1, 0.15) is 265 Å². The topological polar surface area (TPSA) is 26.3 Å². The van der Waals surface area contributed by atoms with Gasteiger partial charge in [0.1, 0.15) is 6.10 Å². The van der Waals surface area contributed by atoms with Crippen molar-refractivity contribution in [2.45, 2.75) is 271 Å². The third kappa shape index (κ3) is 34.8. The van der Waals surface area contributed by atoms with Crippen LogP contribution in [-0.4, -0.2) is 12.1 Å². The molecule has 0 saturated heterocycles. The zero-order valence-electron chi connectivity index (χ0n) is 32.6. The average Bonchev–Trinajstić information content (AvgIpc) is 3.05. The molecule has 2 heteroatoms. The Bertz CT molecular complexity index is 538. The molecule has 0 aliphatic rings. The summed E-state index contributed by atoms with van der Waals surface area (Å²) in [7, 11) is 0. The molecule has 0 aromatic heterocycles. The second-order valence-electron chi connectivity index (χ2n) is 15.2. The Hall–Kier alpha value is -0.530. The SMILES string of the molecule is CCCCCCCCCC(CCCCCCCCC)CCCCCCCC(=O)OC(CCCCCCCC)CCCCCCCC. The zero-order chi connectivity index (χ0) is 33.6. The smallest absolute Gasteiger partial charge is 0.306 e. The number of ether oxygens (including phenoxy) is 1. The van der Waals surface area contributed by atoms with Gasteiger partial charge in [-0.2, -0.15) is 0 Å². The molecule has 46 heavy (non-hydrogen) atoms. The van der Waals surface area contributed by atoms with E-state index in [9.17, 15) is 4.79 Å². The molecular formula is C44H88O2. The fourth-order valence-electron chi connectivity index (χ4n) is 7.26. The largest absolute Gasteiger partial charge is 0.462 e. The van der Waals surface area contributed by atoms with Crippen LogP contribution in [0.2, 0.25) is 0 Å². The van der Waals surface area contributed by atoms with Gasteiger partial charge in [-0.05, 0) is 38.0 Å². The molecule has 0 bridgehead atoms. The number of carbonyl (C=O) groups is 1. The van der Waals surface area contributed by atoms with Gasteiger partial charge in [-0.15, -0.1) is 0 Å². The average molecular weight is 649 g/mol. The minimum Gasteiger partial charge on any atom is -0.462 e. The maximum Gasteiger partial charge on any atom is 0.306 e. The van der Waals surface area contributed by atoms with Crippen LogP contribution in [0, 0.1) is 5.92 Å². The predicted octanol–water partition coefficient (Wildman–Crippen LogP) is 16.0. The number of rotatable bonds is 39. The van der Waals surface area contributed by atoms with Crippen LogP contribution in [0.4, 0.5) is 0 Å². The number of esters is 1. The molecule has 0 unspecified atom stereocenters. The van der Waals surface area contributed by atoms with Gasteiger partial charge in [-0.3, -0.25) is 4.79 Å². The molecule has 2 nitrogen and oxygen atoms in total. The Morgan fingerprint density at radius 1 is 0.348 bits per heavy atom. The van der Waals surface area contributed by atoms with Gasteiger partial charge in [0.15, 0.2) is 0 Å². The molecule has 0 fully saturated rings. The van der Waals surface area contributed by atoms with E-state index in [1.54, 1.807) is 0 Å². The lowest BCUT2D eigenvalue weighted by Crippen LogP contribution is -2.18. The number of hydrogen-bond acceptors (Lipinski definition) is 2. The minimum absolute atomic E-state index is 0.0754. The summed E-state index contributed by atoms with van der Waals surface area (Å²) in [5.74, 6) is 1.03. The van der Waals surface area contributed by atoms with Gasteiger partial charge in [0.2, 0.25) is 0 Å². The van der Waals surface area contributed by atoms with E-state index >= 15 is 0 Å². The van der Waals surface area contributed by atoms with Crippen LogP contribution in [0.25, 0.3) is 0 Å². The lowest BCUT2D eigenvalue weighted by Gasteiger charge is -2.18. The first-order valence-electron chi connectivity index (χ1n) is 21.9. The number of hydrogen-bond donors (Lipinski definition) is 0. The third-order valence-electron chi connectivity index (χ3n) is 10.5. The third-order valence-corrected chi connectivity index (χ3v) is 10.5. The van der Waals surface area contributed by atoms with Crippen LogP contribution in [0.5, 0.6) is 0 Å². The normalized spacial score (nSPS) is 11.7. The van der Waals surface area contributed by atoms with Crippen molar-refractivity contribution in [3.05, 3.63) is 0 Å². The molecule has 276 valence electrons. The van der Waals surface area contributed by atoms with Crippen molar-refractivity contribution in [2.75, 3.05) is 0 Å². The number of carbonyl (C=O) groups excluding carboxylic acids is 1. The first-order chi connectivity index (χ1) is 22.7. The van der Waals surface area contributed by atoms with Gasteiger partial charge >= 0.3 is 5.97 Å². The standard InChI is InChI=1S/C44H88O2/c1-5-9-13-17-21-24-30-36-42(37-31-25-22-18-14-10-6-2)38-32-26-23-29-35-41-44(45)46-43(39-33-27-19-15-11-7-3)40-34-28-20-16-12-8-4/h42-43H,5-41H2,1-4H3. The fraction of sp³-hybridized carbons (Fsp3) is 0.977. The molecule has 0 aliphatic heterocycles. The van der Waals surface area contributed by atoms with E-state index in [0.29, 0.717) is 6.42 Å². The molecule has 0 amide bonds. The lowest BCUT2D eigenvalue weighted by atomic mass is 9.89. The van der Waals surface area contributed by atoms with Crippen molar-refractivity contribution in [2.24, 2.45) is 5.92 Å². The Balaban J connectivity index is 4.26. The molecule has 0 spiro atoms. The van der Waals surface area contributed by atoms with Gasteiger partial charge in [0.25, 0.3) is 0 Å². The van der Waals surface area contributed by atoms with Crippen molar-refractivity contribution in [1.82, 2.24) is 0 Å². The second-order valence-corrected chi connectivity index (χ2v) is 15.2. The molecule has 0 aliphatic carbocycles. The summed E-state index contributed by atoms with van der Waals surface area (Å²) in [6.07, 6.45) is 49.3. The van der Waals surface area contributed by atoms with E-state index in [-0.39, 0.29) is 12.1 Å². The van der Waals surface area contributed by atoms with Crippen LogP contribution in [0.15, 0.2) is 0 Å². The Kier molecular flexibility index (Phi) is 38.5. The van der Waals surface area contributed by atoms with E-state index in [1.807, 2.05) is 0 Å². The fourth-order valence-corrected chi connectivity index (χ4v) is 7.26. The second kappa shape index (κ2) is 38.9. The molecule has 0 aromatic carbocycles. The first-order valence-corrected chi connectivity index (χ1v) is 21.9. The monoisotopic (exact) mass is 649 g/mol. The lowest BCUT2D eigenvalue weighted by molar-refractivity contribution is -0.150. The zero-order valence-corrected chi connectivity index (χ0v) is 32.6. The van der Waals surface area contributed by atoms with Crippen molar-refractivity contribution in [1.29, 1.82) is 0 Å². The van der Waals surface area contributed by atoms with E-state index in [0.717, 1.165) is 25.2 Å². The summed E-state index contributed by atoms with van der Waals surface area (Å²) < 4.78 is 6.07. The highest BCUT2D eigenvalue weighted by Gasteiger charge is 2.14. The van der Waals surface area contributed by atoms with Gasteiger partial charge in [-0.1, -0.05) is 227 Å². The van der Waals surface area contributed by atoms with Crippen molar-refractivity contribution in [3.8, 4) is 0 Å². The van der Waals surface area contributed by atoms with Crippen LogP contribution in [0.3, 0.4) is 0 Å². The highest BCUT2D eigenvalue weighted by Crippen LogP contribution is 2.25. The maximum atomic E-state index is 12.8. The number of unbranched alkanes of at least 4 members (excludes halogenated alkanes) is 26. The highest BCUT2D eigenvalue weighted by molar-refractivity contribution is 5.69. The molecule has 0 rings (SSSR count). The Morgan fingerprint density at radius 3 is 0.935 bits per heavy atom. The van der Waals surface area contributed by atoms with Crippen LogP contribution in [-0.2, 0) is 9.53 Å². The van der Waals surface area contributed by atoms with E-state index in [4.69, 9.17) is 4.74 Å². The minimum atomic E-state index is 0.0754. The quantitative estimate of drug-likeness (QED) is 0.0490. The van der Waals surface area contributed by atoms with Crippen molar-refractivity contribution >= 4 is 5.97 Å². The Labute approximate surface area is 292 Å². The van der Waals surface area contributed by atoms with Crippen molar-refractivity contribution < 1.29 is 9.53 Å². The summed E-state index contributed by atoms with van der Waals surface area (Å²) in [6.45, 7) is 9.19. The molecular weight excluding hydrogens is 560 g/mol. The van der Waals surface area contributed by atoms with Crippen molar-refractivity contribution in [3.63, 3.8) is 0 Å². The molecule has 0 N–H and O–H groups in total. The van der Waals surface area contributed by atoms with E-state index < -0.39 is 0 Å². The summed E-state index contributed by atoms with van der Waals surface area (Å²) in [4.78, 5) is 12.8. The van der Waals surface area contributed by atoms with E-state index in [1.165, 1.54) is 212 Å². The van der Waals surface area contributed by atoms with Gasteiger partial charge in [0, 0.05) is 6.42 Å². The van der Waals surface area contributed by atoms with Crippen LogP contribution < -0.4 is 0 Å². The van der Waals surface area contributed by atoms with Crippen LogP contribution >= 0.6 is 0 Å². The summed E-state index contributed by atoms with van der Waals surface area (Å²) in [5.41, 5.74) is 0. The van der Waals surface area contributed by atoms with E-state index in [2.05, 4.69) is 27.7 Å². The molecule has 0 radical (unpaired) electrons. The summed E-state index contributed by atoms with van der Waals surface area (Å²) in [6, 6.07) is 0.